The van der Waals surface area contributed by atoms with Crippen LogP contribution in [0.25, 0.3) is 0 Å². The first-order chi connectivity index (χ1) is 9.96. The molecule has 0 aromatic heterocycles. The van der Waals surface area contributed by atoms with Crippen molar-refractivity contribution in [2.75, 3.05) is 24.3 Å². The number of benzene rings is 1. The minimum Gasteiger partial charge on any atom is -0.310 e. The van der Waals surface area contributed by atoms with Crippen molar-refractivity contribution < 1.29 is 8.42 Å². The lowest BCUT2D eigenvalue weighted by Crippen LogP contribution is -2.22. The highest BCUT2D eigenvalue weighted by molar-refractivity contribution is 7.99. The first kappa shape index (κ1) is 18.5. The quantitative estimate of drug-likeness (QED) is 0.665. The Kier molecular flexibility index (Phi) is 8.37. The van der Waals surface area contributed by atoms with Crippen molar-refractivity contribution >= 4 is 21.6 Å². The Morgan fingerprint density at radius 1 is 1.19 bits per heavy atom. The molecule has 1 N–H and O–H groups in total. The summed E-state index contributed by atoms with van der Waals surface area (Å²) in [5.41, 5.74) is 1.25. The number of rotatable bonds is 10. The Morgan fingerprint density at radius 2 is 1.86 bits per heavy atom. The van der Waals surface area contributed by atoms with Crippen LogP contribution in [0.5, 0.6) is 0 Å². The van der Waals surface area contributed by atoms with E-state index in [-0.39, 0.29) is 11.8 Å². The molecule has 120 valence electrons. The van der Waals surface area contributed by atoms with Crippen molar-refractivity contribution in [3.05, 3.63) is 29.8 Å². The average molecular weight is 330 g/mol. The van der Waals surface area contributed by atoms with Gasteiger partial charge in [-0.25, -0.2) is 8.42 Å². The molecule has 0 aliphatic heterocycles. The first-order valence-corrected chi connectivity index (χ1v) is 10.6. The largest absolute Gasteiger partial charge is 0.310 e. The molecule has 0 spiro atoms. The summed E-state index contributed by atoms with van der Waals surface area (Å²) >= 11 is 1.84. The molecule has 1 unspecified atom stereocenters. The maximum Gasteiger partial charge on any atom is 0.147 e. The van der Waals surface area contributed by atoms with E-state index in [1.165, 1.54) is 16.7 Å². The second-order valence-corrected chi connectivity index (χ2v) is 8.88. The van der Waals surface area contributed by atoms with Gasteiger partial charge >= 0.3 is 0 Å². The molecule has 0 saturated carbocycles. The van der Waals surface area contributed by atoms with Crippen LogP contribution in [-0.2, 0) is 9.84 Å². The summed E-state index contributed by atoms with van der Waals surface area (Å²) in [6.07, 6.45) is 3.93. The van der Waals surface area contributed by atoms with Crippen molar-refractivity contribution in [2.24, 2.45) is 0 Å². The molecule has 0 aliphatic rings. The zero-order chi connectivity index (χ0) is 15.7. The Morgan fingerprint density at radius 3 is 2.38 bits per heavy atom. The zero-order valence-electron chi connectivity index (χ0n) is 13.3. The topological polar surface area (TPSA) is 46.2 Å². The number of hydrogen-bond acceptors (Lipinski definition) is 4. The molecular formula is C16H27NO2S2. The molecule has 5 heteroatoms. The number of hydrogen-bond donors (Lipinski definition) is 1. The summed E-state index contributed by atoms with van der Waals surface area (Å²) < 4.78 is 22.5. The lowest BCUT2D eigenvalue weighted by Gasteiger charge is -2.19. The summed E-state index contributed by atoms with van der Waals surface area (Å²) in [6, 6.07) is 8.87. The fourth-order valence-electron chi connectivity index (χ4n) is 2.22. The predicted molar refractivity (Wildman–Crippen MR) is 92.8 cm³/mol. The molecule has 1 aromatic carbocycles. The molecule has 0 saturated heterocycles. The van der Waals surface area contributed by atoms with E-state index in [1.807, 2.05) is 11.8 Å². The summed E-state index contributed by atoms with van der Waals surface area (Å²) in [5.74, 6) is 1.34. The Labute approximate surface area is 133 Å². The third kappa shape index (κ3) is 7.88. The molecule has 1 rings (SSSR count). The van der Waals surface area contributed by atoms with Crippen LogP contribution in [0.1, 0.15) is 44.7 Å². The SMILES string of the molecule is CCCNC(CCCS(C)(=O)=O)c1ccc(SCC)cc1. The number of nitrogens with one attached hydrogen (secondary N) is 1. The van der Waals surface area contributed by atoms with Crippen LogP contribution in [0.2, 0.25) is 0 Å². The van der Waals surface area contributed by atoms with Crippen LogP contribution < -0.4 is 5.32 Å². The molecular weight excluding hydrogens is 302 g/mol. The van der Waals surface area contributed by atoms with Gasteiger partial charge in [-0.2, -0.15) is 0 Å². The van der Waals surface area contributed by atoms with E-state index in [1.54, 1.807) is 0 Å². The van der Waals surface area contributed by atoms with Crippen LogP contribution in [-0.4, -0.2) is 32.7 Å². The van der Waals surface area contributed by atoms with Gasteiger partial charge in [-0.3, -0.25) is 0 Å². The lowest BCUT2D eigenvalue weighted by molar-refractivity contribution is 0.492. The molecule has 0 fully saturated rings. The van der Waals surface area contributed by atoms with Crippen molar-refractivity contribution in [3.8, 4) is 0 Å². The molecule has 1 aromatic rings. The summed E-state index contributed by atoms with van der Waals surface area (Å²) in [6.45, 7) is 5.24. The fraction of sp³-hybridized carbons (Fsp3) is 0.625. The van der Waals surface area contributed by atoms with Gasteiger partial charge in [0.25, 0.3) is 0 Å². The highest BCUT2D eigenvalue weighted by Crippen LogP contribution is 2.23. The highest BCUT2D eigenvalue weighted by atomic mass is 32.2. The van der Waals surface area contributed by atoms with Crippen LogP contribution in [0, 0.1) is 0 Å². The Bertz CT molecular complexity index is 498. The molecule has 0 amide bonds. The van der Waals surface area contributed by atoms with E-state index >= 15 is 0 Å². The van der Waals surface area contributed by atoms with E-state index < -0.39 is 9.84 Å². The molecule has 0 heterocycles. The van der Waals surface area contributed by atoms with Crippen LogP contribution in [0.4, 0.5) is 0 Å². The molecule has 0 bridgehead atoms. The van der Waals surface area contributed by atoms with Crippen molar-refractivity contribution in [1.82, 2.24) is 5.32 Å². The van der Waals surface area contributed by atoms with Gasteiger partial charge in [-0.15, -0.1) is 11.8 Å². The van der Waals surface area contributed by atoms with Crippen LogP contribution in [0.3, 0.4) is 0 Å². The molecule has 0 aliphatic carbocycles. The molecule has 3 nitrogen and oxygen atoms in total. The summed E-state index contributed by atoms with van der Waals surface area (Å²) in [4.78, 5) is 1.28. The first-order valence-electron chi connectivity index (χ1n) is 7.60. The van der Waals surface area contributed by atoms with Gasteiger partial charge in [0.15, 0.2) is 0 Å². The highest BCUT2D eigenvalue weighted by Gasteiger charge is 2.12. The summed E-state index contributed by atoms with van der Waals surface area (Å²) in [5, 5.41) is 3.52. The van der Waals surface area contributed by atoms with Gasteiger partial charge in [-0.05, 0) is 49.3 Å². The second-order valence-electron chi connectivity index (χ2n) is 5.28. The third-order valence-electron chi connectivity index (χ3n) is 3.24. The fourth-order valence-corrected chi connectivity index (χ4v) is 3.57. The van der Waals surface area contributed by atoms with Crippen LogP contribution >= 0.6 is 11.8 Å². The second kappa shape index (κ2) is 9.49. The van der Waals surface area contributed by atoms with Crippen molar-refractivity contribution in [3.63, 3.8) is 0 Å². The van der Waals surface area contributed by atoms with Gasteiger partial charge in [0.2, 0.25) is 0 Å². The van der Waals surface area contributed by atoms with Gasteiger partial charge in [0.05, 0.1) is 0 Å². The molecule has 21 heavy (non-hydrogen) atoms. The van der Waals surface area contributed by atoms with Crippen molar-refractivity contribution in [1.29, 1.82) is 0 Å². The predicted octanol–water partition coefficient (Wildman–Crippen LogP) is 3.66. The van der Waals surface area contributed by atoms with E-state index in [9.17, 15) is 8.42 Å². The van der Waals surface area contributed by atoms with E-state index in [4.69, 9.17) is 0 Å². The lowest BCUT2D eigenvalue weighted by atomic mass is 10.0. The van der Waals surface area contributed by atoms with E-state index in [0.717, 1.165) is 25.1 Å². The van der Waals surface area contributed by atoms with Gasteiger partial charge in [-0.1, -0.05) is 26.0 Å². The summed E-state index contributed by atoms with van der Waals surface area (Å²) in [7, 11) is -2.87. The average Bonchev–Trinajstić information content (AvgIpc) is 2.43. The zero-order valence-corrected chi connectivity index (χ0v) is 14.9. The Balaban J connectivity index is 2.66. The maximum absolute atomic E-state index is 11.3. The Hall–Kier alpha value is -0.520. The third-order valence-corrected chi connectivity index (χ3v) is 5.17. The van der Waals surface area contributed by atoms with E-state index in [2.05, 4.69) is 43.4 Å². The molecule has 1 atom stereocenters. The maximum atomic E-state index is 11.3. The minimum atomic E-state index is -2.87. The smallest absolute Gasteiger partial charge is 0.147 e. The van der Waals surface area contributed by atoms with Crippen LogP contribution in [0.15, 0.2) is 29.2 Å². The number of thioether (sulfide) groups is 1. The minimum absolute atomic E-state index is 0.243. The van der Waals surface area contributed by atoms with E-state index in [0.29, 0.717) is 6.42 Å². The normalized spacial score (nSPS) is 13.3. The van der Waals surface area contributed by atoms with Gasteiger partial charge in [0, 0.05) is 22.9 Å². The monoisotopic (exact) mass is 329 g/mol. The molecule has 0 radical (unpaired) electrons. The van der Waals surface area contributed by atoms with Gasteiger partial charge < -0.3 is 5.32 Å². The van der Waals surface area contributed by atoms with Gasteiger partial charge in [0.1, 0.15) is 9.84 Å². The standard InChI is InChI=1S/C16H27NO2S2/c1-4-12-17-16(7-6-13-21(3,18)19)14-8-10-15(11-9-14)20-5-2/h8-11,16-17H,4-7,12-13H2,1-3H3. The van der Waals surface area contributed by atoms with Crippen molar-refractivity contribution in [2.45, 2.75) is 44.0 Å². The number of sulfone groups is 1.